The summed E-state index contributed by atoms with van der Waals surface area (Å²) in [6.07, 6.45) is 3.72. The Morgan fingerprint density at radius 3 is 2.71 bits per heavy atom. The van der Waals surface area contributed by atoms with Gasteiger partial charge < -0.3 is 24.5 Å². The van der Waals surface area contributed by atoms with Gasteiger partial charge in [0, 0.05) is 23.3 Å². The van der Waals surface area contributed by atoms with Gasteiger partial charge in [-0.1, -0.05) is 6.08 Å². The number of phenols is 2. The van der Waals surface area contributed by atoms with E-state index in [2.05, 4.69) is 0 Å². The Kier molecular flexibility index (Phi) is 2.99. The van der Waals surface area contributed by atoms with E-state index in [-0.39, 0.29) is 22.5 Å². The SMILES string of the molecule is O=c1c(O)c(-c2ccc3c(c2)C=CCO3)oc2cc(O)cc(O)c12. The van der Waals surface area contributed by atoms with Crippen LogP contribution in [0.25, 0.3) is 28.4 Å². The lowest BCUT2D eigenvalue weighted by atomic mass is 10.0. The fourth-order valence-electron chi connectivity index (χ4n) is 2.74. The van der Waals surface area contributed by atoms with Gasteiger partial charge in [0.15, 0.2) is 5.76 Å². The average molecular weight is 324 g/mol. The molecule has 0 aliphatic carbocycles. The van der Waals surface area contributed by atoms with E-state index in [9.17, 15) is 20.1 Å². The molecule has 0 fully saturated rings. The summed E-state index contributed by atoms with van der Waals surface area (Å²) in [6.45, 7) is 0.487. The van der Waals surface area contributed by atoms with Crippen molar-refractivity contribution in [2.75, 3.05) is 6.61 Å². The maximum atomic E-state index is 12.4. The van der Waals surface area contributed by atoms with Crippen molar-refractivity contribution in [3.8, 4) is 34.3 Å². The molecule has 0 unspecified atom stereocenters. The third kappa shape index (κ3) is 2.08. The number of rotatable bonds is 1. The first-order valence-electron chi connectivity index (χ1n) is 7.20. The molecule has 6 nitrogen and oxygen atoms in total. The summed E-state index contributed by atoms with van der Waals surface area (Å²) < 4.78 is 11.0. The molecule has 24 heavy (non-hydrogen) atoms. The van der Waals surface area contributed by atoms with E-state index >= 15 is 0 Å². The zero-order valence-corrected chi connectivity index (χ0v) is 12.3. The first-order valence-corrected chi connectivity index (χ1v) is 7.20. The molecule has 6 heteroatoms. The van der Waals surface area contributed by atoms with Crippen LogP contribution < -0.4 is 10.2 Å². The van der Waals surface area contributed by atoms with Gasteiger partial charge >= 0.3 is 0 Å². The predicted octanol–water partition coefficient (Wildman–Crippen LogP) is 2.98. The van der Waals surface area contributed by atoms with E-state index in [1.54, 1.807) is 18.2 Å². The predicted molar refractivity (Wildman–Crippen MR) is 87.4 cm³/mol. The molecule has 1 aliphatic heterocycles. The van der Waals surface area contributed by atoms with Crippen LogP contribution in [0, 0.1) is 0 Å². The topological polar surface area (TPSA) is 100 Å². The number of hydrogen-bond acceptors (Lipinski definition) is 6. The average Bonchev–Trinajstić information content (AvgIpc) is 2.57. The molecule has 120 valence electrons. The van der Waals surface area contributed by atoms with Crippen LogP contribution in [0.2, 0.25) is 0 Å². The molecular weight excluding hydrogens is 312 g/mol. The van der Waals surface area contributed by atoms with Gasteiger partial charge in [-0.25, -0.2) is 0 Å². The molecule has 2 aromatic carbocycles. The summed E-state index contributed by atoms with van der Waals surface area (Å²) in [6, 6.07) is 7.32. The maximum absolute atomic E-state index is 12.4. The van der Waals surface area contributed by atoms with Crippen molar-refractivity contribution >= 4 is 17.0 Å². The van der Waals surface area contributed by atoms with Crippen LogP contribution in [0.1, 0.15) is 5.56 Å². The molecule has 3 aromatic rings. The number of fused-ring (bicyclic) bond motifs is 2. The van der Waals surface area contributed by atoms with E-state index in [4.69, 9.17) is 9.15 Å². The molecule has 4 rings (SSSR count). The smallest absolute Gasteiger partial charge is 0.238 e. The van der Waals surface area contributed by atoms with Crippen molar-refractivity contribution in [1.82, 2.24) is 0 Å². The molecule has 3 N–H and O–H groups in total. The quantitative estimate of drug-likeness (QED) is 0.636. The van der Waals surface area contributed by atoms with E-state index in [0.29, 0.717) is 17.9 Å². The molecule has 0 amide bonds. The molecule has 0 atom stereocenters. The normalized spacial score (nSPS) is 12.8. The van der Waals surface area contributed by atoms with E-state index in [0.717, 1.165) is 11.6 Å². The molecule has 0 saturated heterocycles. The molecule has 0 radical (unpaired) electrons. The standard InChI is InChI=1S/C18H12O6/c19-11-7-12(20)15-14(8-11)24-18(17(22)16(15)21)10-3-4-13-9(6-10)2-1-5-23-13/h1-4,6-8,19-20,22H,5H2. The Morgan fingerprint density at radius 1 is 1.04 bits per heavy atom. The zero-order chi connectivity index (χ0) is 16.8. The second-order valence-electron chi connectivity index (χ2n) is 5.41. The molecule has 0 spiro atoms. The Hall–Kier alpha value is -3.41. The summed E-state index contributed by atoms with van der Waals surface area (Å²) in [5.74, 6) is -0.661. The van der Waals surface area contributed by atoms with Crippen molar-refractivity contribution in [2.45, 2.75) is 0 Å². The Labute approximate surface area is 135 Å². The second kappa shape index (κ2) is 5.06. The lowest BCUT2D eigenvalue weighted by molar-refractivity contribution is 0.358. The van der Waals surface area contributed by atoms with E-state index < -0.39 is 16.9 Å². The van der Waals surface area contributed by atoms with Crippen molar-refractivity contribution < 1.29 is 24.5 Å². The van der Waals surface area contributed by atoms with Crippen molar-refractivity contribution in [2.24, 2.45) is 0 Å². The molecular formula is C18H12O6. The largest absolute Gasteiger partial charge is 0.508 e. The number of benzene rings is 2. The van der Waals surface area contributed by atoms with Crippen LogP contribution in [-0.4, -0.2) is 21.9 Å². The van der Waals surface area contributed by atoms with Gasteiger partial charge in [-0.05, 0) is 24.3 Å². The summed E-state index contributed by atoms with van der Waals surface area (Å²) in [5.41, 5.74) is 0.478. The van der Waals surface area contributed by atoms with Crippen LogP contribution in [0.4, 0.5) is 0 Å². The van der Waals surface area contributed by atoms with Crippen LogP contribution in [0.15, 0.2) is 45.6 Å². The van der Waals surface area contributed by atoms with Gasteiger partial charge in [-0.2, -0.15) is 0 Å². The van der Waals surface area contributed by atoms with E-state index in [1.807, 2.05) is 12.2 Å². The minimum atomic E-state index is -0.770. The lowest BCUT2D eigenvalue weighted by Gasteiger charge is -2.14. The maximum Gasteiger partial charge on any atom is 0.238 e. The van der Waals surface area contributed by atoms with Gasteiger partial charge in [0.2, 0.25) is 11.2 Å². The van der Waals surface area contributed by atoms with Gasteiger partial charge in [0.05, 0.1) is 0 Å². The minimum absolute atomic E-state index is 0.0187. The third-order valence-electron chi connectivity index (χ3n) is 3.84. The van der Waals surface area contributed by atoms with Crippen LogP contribution in [-0.2, 0) is 0 Å². The first-order chi connectivity index (χ1) is 11.5. The van der Waals surface area contributed by atoms with Crippen LogP contribution in [0.3, 0.4) is 0 Å². The van der Waals surface area contributed by atoms with Gasteiger partial charge in [-0.15, -0.1) is 0 Å². The summed E-state index contributed by atoms with van der Waals surface area (Å²) in [5, 5.41) is 29.4. The Bertz CT molecular complexity index is 1060. The highest BCUT2D eigenvalue weighted by Gasteiger charge is 2.19. The highest BCUT2D eigenvalue weighted by molar-refractivity contribution is 5.88. The monoisotopic (exact) mass is 324 g/mol. The number of ether oxygens (including phenoxy) is 1. The fourth-order valence-corrected chi connectivity index (χ4v) is 2.74. The fraction of sp³-hybridized carbons (Fsp3) is 0.0556. The Morgan fingerprint density at radius 2 is 1.88 bits per heavy atom. The molecule has 1 aliphatic rings. The van der Waals surface area contributed by atoms with Crippen LogP contribution >= 0.6 is 0 Å². The first kappa shape index (κ1) is 14.2. The second-order valence-corrected chi connectivity index (χ2v) is 5.41. The Balaban J connectivity index is 2.00. The molecule has 0 saturated carbocycles. The molecule has 0 bridgehead atoms. The minimum Gasteiger partial charge on any atom is -0.508 e. The van der Waals surface area contributed by atoms with Crippen molar-refractivity contribution in [1.29, 1.82) is 0 Å². The van der Waals surface area contributed by atoms with Crippen molar-refractivity contribution in [3.63, 3.8) is 0 Å². The van der Waals surface area contributed by atoms with Gasteiger partial charge in [0.25, 0.3) is 0 Å². The summed E-state index contributed by atoms with van der Waals surface area (Å²) >= 11 is 0. The highest BCUT2D eigenvalue weighted by Crippen LogP contribution is 2.37. The van der Waals surface area contributed by atoms with Crippen molar-refractivity contribution in [3.05, 3.63) is 52.2 Å². The molecule has 1 aromatic heterocycles. The van der Waals surface area contributed by atoms with Gasteiger partial charge in [0.1, 0.15) is 34.8 Å². The van der Waals surface area contributed by atoms with Crippen LogP contribution in [0.5, 0.6) is 23.0 Å². The zero-order valence-electron chi connectivity index (χ0n) is 12.3. The lowest BCUT2D eigenvalue weighted by Crippen LogP contribution is -2.04. The van der Waals surface area contributed by atoms with Gasteiger partial charge in [-0.3, -0.25) is 4.79 Å². The number of phenolic OH excluding ortho intramolecular Hbond substituents is 2. The third-order valence-corrected chi connectivity index (χ3v) is 3.84. The van der Waals surface area contributed by atoms with E-state index in [1.165, 1.54) is 6.07 Å². The molecule has 2 heterocycles. The number of aromatic hydroxyl groups is 3. The highest BCUT2D eigenvalue weighted by atomic mass is 16.5. The summed E-state index contributed by atoms with van der Waals surface area (Å²) in [4.78, 5) is 12.4. The summed E-state index contributed by atoms with van der Waals surface area (Å²) in [7, 11) is 0. The number of hydrogen-bond donors (Lipinski definition) is 3.